The van der Waals surface area contributed by atoms with Crippen molar-refractivity contribution in [1.29, 1.82) is 0 Å². The molecule has 5 N–H and O–H groups in total. The van der Waals surface area contributed by atoms with Crippen molar-refractivity contribution in [2.24, 2.45) is 10.9 Å². The van der Waals surface area contributed by atoms with Crippen molar-refractivity contribution in [2.45, 2.75) is 18.9 Å². The average Bonchev–Trinajstić information content (AvgIpc) is 2.31. The van der Waals surface area contributed by atoms with Crippen LogP contribution in [-0.4, -0.2) is 28.3 Å². The van der Waals surface area contributed by atoms with Gasteiger partial charge in [-0.15, -0.1) is 0 Å². The van der Waals surface area contributed by atoms with Crippen molar-refractivity contribution in [2.75, 3.05) is 0 Å². The summed E-state index contributed by atoms with van der Waals surface area (Å²) in [6.07, 6.45) is -0.592. The second-order valence-electron chi connectivity index (χ2n) is 3.77. The maximum atomic E-state index is 10.6. The van der Waals surface area contributed by atoms with Crippen molar-refractivity contribution in [3.05, 3.63) is 34.9 Å². The van der Waals surface area contributed by atoms with Gasteiger partial charge < -0.3 is 21.4 Å². The van der Waals surface area contributed by atoms with Crippen LogP contribution < -0.4 is 11.1 Å². The lowest BCUT2D eigenvalue weighted by atomic mass is 10.0. The molecular weight excluding hydrogens is 258 g/mol. The molecule has 7 heteroatoms. The van der Waals surface area contributed by atoms with Gasteiger partial charge in [-0.05, 0) is 24.1 Å². The largest absolute Gasteiger partial charge is 0.465 e. The van der Waals surface area contributed by atoms with Gasteiger partial charge >= 0.3 is 6.09 Å². The Kier molecular flexibility index (Phi) is 5.26. The molecule has 0 aliphatic carbocycles. The Balaban J connectivity index is 2.71. The van der Waals surface area contributed by atoms with Gasteiger partial charge in [-0.25, -0.2) is 4.79 Å². The highest BCUT2D eigenvalue weighted by atomic mass is 35.5. The summed E-state index contributed by atoms with van der Waals surface area (Å²) in [4.78, 5) is 10.6. The Morgan fingerprint density at radius 3 is 2.56 bits per heavy atom. The zero-order valence-electron chi connectivity index (χ0n) is 9.51. The standard InChI is InChI=1S/C11H14ClN3O3/c12-8-3-1-7(2-4-8)5-9(14-11(16)17)6-10(13)15-18/h1-4,9,14,18H,5-6H2,(H2,13,15)(H,16,17). The number of nitrogens with two attached hydrogens (primary N) is 1. The third-order valence-electron chi connectivity index (χ3n) is 2.31. The zero-order chi connectivity index (χ0) is 13.5. The van der Waals surface area contributed by atoms with E-state index in [-0.39, 0.29) is 12.3 Å². The summed E-state index contributed by atoms with van der Waals surface area (Å²) in [5.74, 6) is -0.0253. The van der Waals surface area contributed by atoms with Crippen molar-refractivity contribution in [3.8, 4) is 0 Å². The number of rotatable bonds is 5. The van der Waals surface area contributed by atoms with Crippen molar-refractivity contribution in [3.63, 3.8) is 0 Å². The molecule has 0 aromatic heterocycles. The normalized spacial score (nSPS) is 13.1. The first kappa shape index (κ1) is 14.1. The summed E-state index contributed by atoms with van der Waals surface area (Å²) in [6.45, 7) is 0. The van der Waals surface area contributed by atoms with Gasteiger partial charge in [-0.2, -0.15) is 0 Å². The molecule has 6 nitrogen and oxygen atoms in total. The number of halogens is 1. The second-order valence-corrected chi connectivity index (χ2v) is 4.21. The van der Waals surface area contributed by atoms with Gasteiger partial charge in [0.1, 0.15) is 5.84 Å². The van der Waals surface area contributed by atoms with Crippen LogP contribution in [0.4, 0.5) is 4.79 Å². The van der Waals surface area contributed by atoms with Gasteiger partial charge in [0.2, 0.25) is 0 Å². The first-order chi connectivity index (χ1) is 8.51. The van der Waals surface area contributed by atoms with Gasteiger partial charge in [-0.3, -0.25) is 0 Å². The van der Waals surface area contributed by atoms with Crippen LogP contribution in [0.1, 0.15) is 12.0 Å². The molecule has 18 heavy (non-hydrogen) atoms. The summed E-state index contributed by atoms with van der Waals surface area (Å²) < 4.78 is 0. The summed E-state index contributed by atoms with van der Waals surface area (Å²) in [5, 5.41) is 23.0. The van der Waals surface area contributed by atoms with E-state index in [0.717, 1.165) is 5.56 Å². The molecule has 0 aliphatic rings. The number of benzene rings is 1. The molecule has 0 spiro atoms. The number of carbonyl (C=O) groups is 1. The summed E-state index contributed by atoms with van der Waals surface area (Å²) in [6, 6.07) is 6.58. The highest BCUT2D eigenvalue weighted by molar-refractivity contribution is 6.30. The lowest BCUT2D eigenvalue weighted by Gasteiger charge is -2.16. The Labute approximate surface area is 109 Å². The monoisotopic (exact) mass is 271 g/mol. The first-order valence-electron chi connectivity index (χ1n) is 5.21. The molecule has 1 aromatic carbocycles. The van der Waals surface area contributed by atoms with Crippen LogP contribution in [0.15, 0.2) is 29.4 Å². The molecule has 0 heterocycles. The number of amidine groups is 1. The Morgan fingerprint density at radius 1 is 1.44 bits per heavy atom. The van der Waals surface area contributed by atoms with E-state index < -0.39 is 12.1 Å². The van der Waals surface area contributed by atoms with E-state index in [9.17, 15) is 4.79 Å². The maximum Gasteiger partial charge on any atom is 0.404 e. The maximum absolute atomic E-state index is 10.6. The number of hydrogen-bond donors (Lipinski definition) is 4. The van der Waals surface area contributed by atoms with Gasteiger partial charge in [-0.1, -0.05) is 28.9 Å². The minimum atomic E-state index is -1.15. The Morgan fingerprint density at radius 2 is 2.06 bits per heavy atom. The molecule has 0 bridgehead atoms. The van der Waals surface area contributed by atoms with E-state index in [4.69, 9.17) is 27.6 Å². The molecule has 0 aliphatic heterocycles. The number of carboxylic acid groups (broad SMARTS) is 1. The fourth-order valence-electron chi connectivity index (χ4n) is 1.55. The van der Waals surface area contributed by atoms with E-state index in [0.29, 0.717) is 11.4 Å². The molecule has 0 saturated heterocycles. The molecular formula is C11H14ClN3O3. The van der Waals surface area contributed by atoms with Crippen molar-refractivity contribution in [1.82, 2.24) is 5.32 Å². The number of nitrogens with one attached hydrogen (secondary N) is 1. The molecule has 0 radical (unpaired) electrons. The molecule has 98 valence electrons. The predicted octanol–water partition coefficient (Wildman–Crippen LogP) is 1.66. The number of amides is 1. The Bertz CT molecular complexity index is 434. The van der Waals surface area contributed by atoms with Crippen molar-refractivity contribution >= 4 is 23.5 Å². The number of oxime groups is 1. The lowest BCUT2D eigenvalue weighted by Crippen LogP contribution is -2.38. The predicted molar refractivity (Wildman–Crippen MR) is 68.1 cm³/mol. The topological polar surface area (TPSA) is 108 Å². The van der Waals surface area contributed by atoms with E-state index >= 15 is 0 Å². The third-order valence-corrected chi connectivity index (χ3v) is 2.56. The smallest absolute Gasteiger partial charge is 0.404 e. The van der Waals surface area contributed by atoms with Crippen LogP contribution in [0.25, 0.3) is 0 Å². The first-order valence-corrected chi connectivity index (χ1v) is 5.59. The van der Waals surface area contributed by atoms with E-state index in [1.165, 1.54) is 0 Å². The van der Waals surface area contributed by atoms with Crippen LogP contribution in [0.5, 0.6) is 0 Å². The van der Waals surface area contributed by atoms with Gasteiger partial charge in [0.05, 0.1) is 0 Å². The van der Waals surface area contributed by atoms with Crippen LogP contribution in [0.3, 0.4) is 0 Å². The van der Waals surface area contributed by atoms with Gasteiger partial charge in [0.25, 0.3) is 0 Å². The molecule has 0 fully saturated rings. The van der Waals surface area contributed by atoms with Gasteiger partial charge in [0, 0.05) is 17.5 Å². The minimum Gasteiger partial charge on any atom is -0.465 e. The van der Waals surface area contributed by atoms with Crippen molar-refractivity contribution < 1.29 is 15.1 Å². The molecule has 1 amide bonds. The fraction of sp³-hybridized carbons (Fsp3) is 0.273. The summed E-state index contributed by atoms with van der Waals surface area (Å²) in [7, 11) is 0. The summed E-state index contributed by atoms with van der Waals surface area (Å²) in [5.41, 5.74) is 6.28. The van der Waals surface area contributed by atoms with Crippen LogP contribution in [0.2, 0.25) is 5.02 Å². The van der Waals surface area contributed by atoms with E-state index in [1.807, 2.05) is 0 Å². The fourth-order valence-corrected chi connectivity index (χ4v) is 1.67. The van der Waals surface area contributed by atoms with Gasteiger partial charge in [0.15, 0.2) is 0 Å². The van der Waals surface area contributed by atoms with E-state index in [1.54, 1.807) is 24.3 Å². The highest BCUT2D eigenvalue weighted by Gasteiger charge is 2.14. The quantitative estimate of drug-likeness (QED) is 0.283. The number of hydrogen-bond acceptors (Lipinski definition) is 3. The summed E-state index contributed by atoms with van der Waals surface area (Å²) >= 11 is 5.76. The highest BCUT2D eigenvalue weighted by Crippen LogP contribution is 2.12. The van der Waals surface area contributed by atoms with Crippen LogP contribution in [0, 0.1) is 0 Å². The molecule has 1 rings (SSSR count). The molecule has 0 saturated carbocycles. The molecule has 1 unspecified atom stereocenters. The average molecular weight is 272 g/mol. The SMILES string of the molecule is N/C(CC(Cc1ccc(Cl)cc1)NC(=O)O)=N\O. The minimum absolute atomic E-state index is 0.0253. The zero-order valence-corrected chi connectivity index (χ0v) is 10.3. The third kappa shape index (κ3) is 4.92. The number of nitrogens with zero attached hydrogens (tertiary/aromatic N) is 1. The lowest BCUT2D eigenvalue weighted by molar-refractivity contribution is 0.190. The molecule has 1 atom stereocenters. The second kappa shape index (κ2) is 6.70. The Hall–Kier alpha value is -1.95. The van der Waals surface area contributed by atoms with Crippen LogP contribution in [-0.2, 0) is 6.42 Å². The molecule has 1 aromatic rings. The van der Waals surface area contributed by atoms with Crippen LogP contribution >= 0.6 is 11.6 Å². The van der Waals surface area contributed by atoms with E-state index in [2.05, 4.69) is 10.5 Å².